The zero-order valence-corrected chi connectivity index (χ0v) is 7.47. The molecule has 1 aromatic carbocycles. The molecular formula is C8H12O2S. The molecule has 0 saturated carbocycles. The maximum absolute atomic E-state index is 10.3. The van der Waals surface area contributed by atoms with Crippen LogP contribution in [0.25, 0.3) is 0 Å². The van der Waals surface area contributed by atoms with Crippen molar-refractivity contribution in [2.45, 2.75) is 18.7 Å². The molecule has 0 heterocycles. The van der Waals surface area contributed by atoms with Crippen molar-refractivity contribution in [1.29, 1.82) is 0 Å². The summed E-state index contributed by atoms with van der Waals surface area (Å²) in [4.78, 5) is 0.442. The first kappa shape index (κ1) is 10.3. The summed E-state index contributed by atoms with van der Waals surface area (Å²) in [6.07, 6.45) is 0. The first-order chi connectivity index (χ1) is 5.30. The fourth-order valence-corrected chi connectivity index (χ4v) is 0.927. The van der Waals surface area contributed by atoms with Crippen molar-refractivity contribution in [3.8, 4) is 0 Å². The van der Waals surface area contributed by atoms with Crippen molar-refractivity contribution in [2.24, 2.45) is 0 Å². The average Bonchev–Trinajstić information content (AvgIpc) is 2.10. The van der Waals surface area contributed by atoms with Gasteiger partial charge in [0, 0.05) is 0 Å². The van der Waals surface area contributed by atoms with Crippen molar-refractivity contribution in [2.75, 3.05) is 0 Å². The van der Waals surface area contributed by atoms with Crippen LogP contribution in [0.4, 0.5) is 0 Å². The van der Waals surface area contributed by atoms with Gasteiger partial charge in [0.1, 0.15) is 0 Å². The van der Waals surface area contributed by atoms with Gasteiger partial charge in [-0.05, 0) is 12.1 Å². The van der Waals surface area contributed by atoms with Crippen LogP contribution < -0.4 is 0 Å². The summed E-state index contributed by atoms with van der Waals surface area (Å²) in [7, 11) is 0. The number of benzene rings is 1. The van der Waals surface area contributed by atoms with Crippen LogP contribution in [0, 0.1) is 0 Å². The summed E-state index contributed by atoms with van der Waals surface area (Å²) < 4.78 is 18.8. The second-order valence-corrected chi connectivity index (χ2v) is 2.53. The van der Waals surface area contributed by atoms with Gasteiger partial charge < -0.3 is 4.55 Å². The highest BCUT2D eigenvalue weighted by molar-refractivity contribution is 7.79. The maximum atomic E-state index is 10.3. The van der Waals surface area contributed by atoms with Crippen molar-refractivity contribution in [1.82, 2.24) is 0 Å². The van der Waals surface area contributed by atoms with E-state index >= 15 is 0 Å². The molecule has 0 aliphatic carbocycles. The molecule has 0 aliphatic rings. The van der Waals surface area contributed by atoms with Crippen LogP contribution in [-0.4, -0.2) is 8.76 Å². The largest absolute Gasteiger partial charge is 0.302 e. The minimum Gasteiger partial charge on any atom is -0.302 e. The highest BCUT2D eigenvalue weighted by Gasteiger charge is 1.93. The molecule has 2 nitrogen and oxygen atoms in total. The molecule has 0 fully saturated rings. The van der Waals surface area contributed by atoms with E-state index in [-0.39, 0.29) is 0 Å². The van der Waals surface area contributed by atoms with Gasteiger partial charge in [-0.1, -0.05) is 32.0 Å². The van der Waals surface area contributed by atoms with Gasteiger partial charge in [0.25, 0.3) is 0 Å². The predicted molar refractivity (Wildman–Crippen MR) is 46.8 cm³/mol. The van der Waals surface area contributed by atoms with Crippen LogP contribution in [0.1, 0.15) is 13.8 Å². The smallest absolute Gasteiger partial charge is 0.186 e. The van der Waals surface area contributed by atoms with E-state index in [0.717, 1.165) is 0 Å². The van der Waals surface area contributed by atoms with Crippen LogP contribution in [0.2, 0.25) is 0 Å². The zero-order chi connectivity index (χ0) is 8.69. The van der Waals surface area contributed by atoms with Crippen LogP contribution in [0.15, 0.2) is 35.2 Å². The Morgan fingerprint density at radius 1 is 1.18 bits per heavy atom. The van der Waals surface area contributed by atoms with Gasteiger partial charge in [0.05, 0.1) is 4.90 Å². The van der Waals surface area contributed by atoms with Crippen molar-refractivity contribution in [3.05, 3.63) is 30.3 Å². The first-order valence-corrected chi connectivity index (χ1v) is 4.57. The highest BCUT2D eigenvalue weighted by Crippen LogP contribution is 2.00. The lowest BCUT2D eigenvalue weighted by molar-refractivity contribution is 0.564. The molecule has 1 unspecified atom stereocenters. The summed E-state index contributed by atoms with van der Waals surface area (Å²) >= 11 is -1.83. The van der Waals surface area contributed by atoms with Gasteiger partial charge in [-0.25, -0.2) is 4.21 Å². The van der Waals surface area contributed by atoms with Crippen LogP contribution in [0.5, 0.6) is 0 Å². The molecule has 1 atom stereocenters. The summed E-state index contributed by atoms with van der Waals surface area (Å²) in [5.41, 5.74) is 0. The molecule has 1 aromatic rings. The first-order valence-electron chi connectivity index (χ1n) is 3.46. The lowest BCUT2D eigenvalue weighted by Gasteiger charge is -1.89. The second-order valence-electron chi connectivity index (χ2n) is 1.56. The summed E-state index contributed by atoms with van der Waals surface area (Å²) in [5.74, 6) is 0. The molecule has 0 aromatic heterocycles. The maximum Gasteiger partial charge on any atom is 0.186 e. The summed E-state index contributed by atoms with van der Waals surface area (Å²) in [6.45, 7) is 4.00. The monoisotopic (exact) mass is 172 g/mol. The van der Waals surface area contributed by atoms with Gasteiger partial charge in [0.2, 0.25) is 0 Å². The molecule has 3 heteroatoms. The van der Waals surface area contributed by atoms with Crippen molar-refractivity contribution in [3.63, 3.8) is 0 Å². The molecule has 0 aliphatic heterocycles. The Hall–Kier alpha value is -0.670. The number of rotatable bonds is 1. The molecule has 1 rings (SSSR count). The quantitative estimate of drug-likeness (QED) is 0.660. The molecule has 0 spiro atoms. The number of hydrogen-bond acceptors (Lipinski definition) is 1. The number of hydrogen-bond donors (Lipinski definition) is 1. The molecule has 0 radical (unpaired) electrons. The highest BCUT2D eigenvalue weighted by atomic mass is 32.2. The van der Waals surface area contributed by atoms with E-state index in [1.165, 1.54) is 0 Å². The molecule has 0 saturated heterocycles. The molecule has 0 bridgehead atoms. The van der Waals surface area contributed by atoms with Gasteiger partial charge >= 0.3 is 0 Å². The topological polar surface area (TPSA) is 37.3 Å². The van der Waals surface area contributed by atoms with E-state index in [1.807, 2.05) is 13.8 Å². The lowest BCUT2D eigenvalue weighted by atomic mass is 10.4. The SMILES string of the molecule is CC.O=S(O)c1ccccc1. The molecular weight excluding hydrogens is 160 g/mol. The van der Waals surface area contributed by atoms with E-state index in [0.29, 0.717) is 4.90 Å². The Kier molecular flexibility index (Phi) is 5.70. The van der Waals surface area contributed by atoms with E-state index in [4.69, 9.17) is 4.55 Å². The Morgan fingerprint density at radius 3 is 1.91 bits per heavy atom. The van der Waals surface area contributed by atoms with Gasteiger partial charge in [-0.15, -0.1) is 0 Å². The molecule has 62 valence electrons. The van der Waals surface area contributed by atoms with Crippen LogP contribution >= 0.6 is 0 Å². The van der Waals surface area contributed by atoms with E-state index in [1.54, 1.807) is 30.3 Å². The van der Waals surface area contributed by atoms with Gasteiger partial charge in [0.15, 0.2) is 11.1 Å². The molecule has 0 amide bonds. The van der Waals surface area contributed by atoms with Crippen molar-refractivity contribution < 1.29 is 8.76 Å². The standard InChI is InChI=1S/C6H6O2S.C2H6/c7-9(8)6-4-2-1-3-5-6;1-2/h1-5H,(H,7,8);1-2H3. The average molecular weight is 172 g/mol. The van der Waals surface area contributed by atoms with E-state index in [9.17, 15) is 4.21 Å². The molecule has 1 N–H and O–H groups in total. The third-order valence-corrected chi connectivity index (χ3v) is 1.62. The second kappa shape index (κ2) is 6.07. The van der Waals surface area contributed by atoms with Crippen LogP contribution in [-0.2, 0) is 11.1 Å². The summed E-state index contributed by atoms with van der Waals surface area (Å²) in [5, 5.41) is 0. The predicted octanol–water partition coefficient (Wildman–Crippen LogP) is 2.29. The molecule has 11 heavy (non-hydrogen) atoms. The Balaban J connectivity index is 0.000000461. The summed E-state index contributed by atoms with van der Waals surface area (Å²) in [6, 6.07) is 8.47. The Labute approximate surface area is 69.5 Å². The van der Waals surface area contributed by atoms with Crippen LogP contribution in [0.3, 0.4) is 0 Å². The van der Waals surface area contributed by atoms with Crippen molar-refractivity contribution >= 4 is 11.1 Å². The lowest BCUT2D eigenvalue weighted by Crippen LogP contribution is -1.84. The minimum absolute atomic E-state index is 0.442. The van der Waals surface area contributed by atoms with Gasteiger partial charge in [-0.2, -0.15) is 0 Å². The Morgan fingerprint density at radius 2 is 1.64 bits per heavy atom. The third-order valence-electron chi connectivity index (χ3n) is 0.945. The normalized spacial score (nSPS) is 11.2. The minimum atomic E-state index is -1.83. The third kappa shape index (κ3) is 3.91. The Bertz CT molecular complexity index is 209. The van der Waals surface area contributed by atoms with E-state index in [2.05, 4.69) is 0 Å². The van der Waals surface area contributed by atoms with Gasteiger partial charge in [-0.3, -0.25) is 0 Å². The zero-order valence-electron chi connectivity index (χ0n) is 6.65. The fourth-order valence-electron chi connectivity index (χ4n) is 0.537. The fraction of sp³-hybridized carbons (Fsp3) is 0.250. The van der Waals surface area contributed by atoms with E-state index < -0.39 is 11.1 Å².